The summed E-state index contributed by atoms with van der Waals surface area (Å²) in [5, 5.41) is 14.7. The lowest BCUT2D eigenvalue weighted by Crippen LogP contribution is -2.06. The Balaban J connectivity index is 2.09. The normalized spacial score (nSPS) is 10.1. The van der Waals surface area contributed by atoms with Crippen molar-refractivity contribution >= 4 is 29.1 Å². The van der Waals surface area contributed by atoms with Gasteiger partial charge in [-0.25, -0.2) is 0 Å². The third-order valence-corrected chi connectivity index (χ3v) is 2.42. The molecule has 0 spiro atoms. The average molecular weight is 264 g/mol. The minimum atomic E-state index is 0.517. The van der Waals surface area contributed by atoms with Gasteiger partial charge in [-0.3, -0.25) is 0 Å². The van der Waals surface area contributed by atoms with E-state index in [2.05, 4.69) is 32.7 Å². The van der Waals surface area contributed by atoms with Gasteiger partial charge >= 0.3 is 0 Å². The molecule has 0 atom stereocenters. The molecule has 0 amide bonds. The molecule has 2 aromatic rings. The van der Waals surface area contributed by atoms with Gasteiger partial charge in [-0.1, -0.05) is 24.6 Å². The zero-order valence-electron chi connectivity index (χ0n) is 10.0. The van der Waals surface area contributed by atoms with Crippen molar-refractivity contribution in [1.29, 1.82) is 0 Å². The minimum absolute atomic E-state index is 0.517. The molecule has 0 radical (unpaired) electrons. The van der Waals surface area contributed by atoms with Crippen molar-refractivity contribution in [3.8, 4) is 0 Å². The molecular weight excluding hydrogens is 250 g/mol. The Labute approximate surface area is 111 Å². The summed E-state index contributed by atoms with van der Waals surface area (Å²) in [4.78, 5) is 4.30. The first kappa shape index (κ1) is 12.6. The quantitative estimate of drug-likeness (QED) is 0.868. The number of nitrogens with one attached hydrogen (secondary N) is 2. The Morgan fingerprint density at radius 2 is 2.22 bits per heavy atom. The second-order valence-corrected chi connectivity index (χ2v) is 4.16. The number of aromatic nitrogens is 3. The molecule has 0 bridgehead atoms. The van der Waals surface area contributed by atoms with Gasteiger partial charge in [-0.05, 0) is 24.6 Å². The number of benzene rings is 1. The van der Waals surface area contributed by atoms with Crippen LogP contribution in [0, 0.1) is 0 Å². The maximum Gasteiger partial charge on any atom is 0.244 e. The molecule has 18 heavy (non-hydrogen) atoms. The van der Waals surface area contributed by atoms with Crippen LogP contribution in [0.15, 0.2) is 30.5 Å². The van der Waals surface area contributed by atoms with Crippen LogP contribution >= 0.6 is 11.6 Å². The SMILES string of the molecule is CCCNc1nncc(Nc2cccc(Cl)c2)n1. The first-order valence-electron chi connectivity index (χ1n) is 5.74. The van der Waals surface area contributed by atoms with Crippen LogP contribution in [0.2, 0.25) is 5.02 Å². The van der Waals surface area contributed by atoms with Gasteiger partial charge in [0.05, 0.1) is 6.20 Å². The van der Waals surface area contributed by atoms with Gasteiger partial charge in [0.25, 0.3) is 0 Å². The molecule has 0 aliphatic carbocycles. The van der Waals surface area contributed by atoms with E-state index in [-0.39, 0.29) is 0 Å². The molecule has 2 rings (SSSR count). The molecule has 2 N–H and O–H groups in total. The van der Waals surface area contributed by atoms with E-state index >= 15 is 0 Å². The van der Waals surface area contributed by atoms with Crippen LogP contribution in [0.3, 0.4) is 0 Å². The van der Waals surface area contributed by atoms with Gasteiger partial charge in [0.1, 0.15) is 0 Å². The predicted molar refractivity (Wildman–Crippen MR) is 73.3 cm³/mol. The molecule has 0 unspecified atom stereocenters. The van der Waals surface area contributed by atoms with E-state index < -0.39 is 0 Å². The zero-order chi connectivity index (χ0) is 12.8. The molecular formula is C12H14ClN5. The Hall–Kier alpha value is -1.88. The highest BCUT2D eigenvalue weighted by Gasteiger charge is 2.00. The summed E-state index contributed by atoms with van der Waals surface area (Å²) in [6, 6.07) is 7.42. The fraction of sp³-hybridized carbons (Fsp3) is 0.250. The second kappa shape index (κ2) is 6.16. The molecule has 0 aliphatic rings. The van der Waals surface area contributed by atoms with E-state index in [9.17, 15) is 0 Å². The molecule has 0 aliphatic heterocycles. The lowest BCUT2D eigenvalue weighted by molar-refractivity contribution is 0.913. The maximum atomic E-state index is 5.91. The third-order valence-electron chi connectivity index (χ3n) is 2.19. The van der Waals surface area contributed by atoms with E-state index in [4.69, 9.17) is 11.6 Å². The van der Waals surface area contributed by atoms with Gasteiger partial charge in [0.15, 0.2) is 5.82 Å². The van der Waals surface area contributed by atoms with Crippen molar-refractivity contribution in [2.45, 2.75) is 13.3 Å². The Bertz CT molecular complexity index is 517. The number of nitrogens with zero attached hydrogens (tertiary/aromatic N) is 3. The highest BCUT2D eigenvalue weighted by atomic mass is 35.5. The summed E-state index contributed by atoms with van der Waals surface area (Å²) in [7, 11) is 0. The molecule has 5 nitrogen and oxygen atoms in total. The second-order valence-electron chi connectivity index (χ2n) is 3.73. The molecule has 1 aromatic heterocycles. The van der Waals surface area contributed by atoms with Gasteiger partial charge in [0.2, 0.25) is 5.95 Å². The highest BCUT2D eigenvalue weighted by molar-refractivity contribution is 6.30. The van der Waals surface area contributed by atoms with E-state index in [1.54, 1.807) is 6.20 Å². The molecule has 1 heterocycles. The smallest absolute Gasteiger partial charge is 0.244 e. The number of rotatable bonds is 5. The van der Waals surface area contributed by atoms with Crippen LogP contribution < -0.4 is 10.6 Å². The third kappa shape index (κ3) is 3.56. The topological polar surface area (TPSA) is 62.7 Å². The van der Waals surface area contributed by atoms with Crippen molar-refractivity contribution in [3.63, 3.8) is 0 Å². The number of hydrogen-bond donors (Lipinski definition) is 2. The average Bonchev–Trinajstić information content (AvgIpc) is 2.37. The van der Waals surface area contributed by atoms with Gasteiger partial charge in [0, 0.05) is 17.3 Å². The largest absolute Gasteiger partial charge is 0.353 e. The van der Waals surface area contributed by atoms with Crippen LogP contribution in [0.25, 0.3) is 0 Å². The van der Waals surface area contributed by atoms with Crippen molar-refractivity contribution in [3.05, 3.63) is 35.5 Å². The first-order chi connectivity index (χ1) is 8.78. The highest BCUT2D eigenvalue weighted by Crippen LogP contribution is 2.18. The van der Waals surface area contributed by atoms with E-state index in [0.717, 1.165) is 18.7 Å². The van der Waals surface area contributed by atoms with Gasteiger partial charge in [-0.15, -0.1) is 5.10 Å². The summed E-state index contributed by atoms with van der Waals surface area (Å²) < 4.78 is 0. The molecule has 0 saturated carbocycles. The Morgan fingerprint density at radius 1 is 1.33 bits per heavy atom. The standard InChI is InChI=1S/C12H14ClN5/c1-2-6-14-12-17-11(8-15-18-12)16-10-5-3-4-9(13)7-10/h3-5,7-8H,2,6H2,1H3,(H2,14,16,17,18). The van der Waals surface area contributed by atoms with Crippen molar-refractivity contribution in [1.82, 2.24) is 15.2 Å². The van der Waals surface area contributed by atoms with Gasteiger partial charge < -0.3 is 10.6 Å². The molecule has 0 saturated heterocycles. The zero-order valence-corrected chi connectivity index (χ0v) is 10.8. The molecule has 0 fully saturated rings. The van der Waals surface area contributed by atoms with Crippen molar-refractivity contribution < 1.29 is 0 Å². The van der Waals surface area contributed by atoms with E-state index in [1.165, 1.54) is 0 Å². The maximum absolute atomic E-state index is 5.91. The molecule has 1 aromatic carbocycles. The van der Waals surface area contributed by atoms with Crippen LogP contribution in [0.4, 0.5) is 17.5 Å². The van der Waals surface area contributed by atoms with Crippen LogP contribution in [-0.2, 0) is 0 Å². The number of anilines is 3. The molecule has 6 heteroatoms. The van der Waals surface area contributed by atoms with Crippen LogP contribution in [0.1, 0.15) is 13.3 Å². The lowest BCUT2D eigenvalue weighted by Gasteiger charge is -2.07. The number of halogens is 1. The summed E-state index contributed by atoms with van der Waals surface area (Å²) >= 11 is 5.91. The predicted octanol–water partition coefficient (Wildman–Crippen LogP) is 3.09. The van der Waals surface area contributed by atoms with Crippen molar-refractivity contribution in [2.75, 3.05) is 17.2 Å². The Kier molecular flexibility index (Phi) is 4.30. The summed E-state index contributed by atoms with van der Waals surface area (Å²) in [5.74, 6) is 1.15. The fourth-order valence-corrected chi connectivity index (χ4v) is 1.58. The summed E-state index contributed by atoms with van der Waals surface area (Å²) in [5.41, 5.74) is 0.865. The van der Waals surface area contributed by atoms with E-state index in [0.29, 0.717) is 16.8 Å². The molecule has 94 valence electrons. The fourth-order valence-electron chi connectivity index (χ4n) is 1.39. The summed E-state index contributed by atoms with van der Waals surface area (Å²) in [6.45, 7) is 2.90. The monoisotopic (exact) mass is 263 g/mol. The van der Waals surface area contributed by atoms with Crippen LogP contribution in [-0.4, -0.2) is 21.7 Å². The minimum Gasteiger partial charge on any atom is -0.353 e. The lowest BCUT2D eigenvalue weighted by atomic mass is 10.3. The number of hydrogen-bond acceptors (Lipinski definition) is 5. The van der Waals surface area contributed by atoms with Crippen LogP contribution in [0.5, 0.6) is 0 Å². The van der Waals surface area contributed by atoms with Gasteiger partial charge in [-0.2, -0.15) is 10.1 Å². The Morgan fingerprint density at radius 3 is 3.00 bits per heavy atom. The first-order valence-corrected chi connectivity index (χ1v) is 6.12. The summed E-state index contributed by atoms with van der Waals surface area (Å²) in [6.07, 6.45) is 2.58. The van der Waals surface area contributed by atoms with Crippen molar-refractivity contribution in [2.24, 2.45) is 0 Å². The van der Waals surface area contributed by atoms with E-state index in [1.807, 2.05) is 24.3 Å².